The van der Waals surface area contributed by atoms with Crippen LogP contribution in [0.3, 0.4) is 0 Å². The minimum Gasteiger partial charge on any atom is -0.481 e. The molecule has 1 aromatic rings. The second-order valence-electron chi connectivity index (χ2n) is 7.08. The number of hydrogen-bond acceptors (Lipinski definition) is 3. The van der Waals surface area contributed by atoms with Crippen molar-refractivity contribution >= 4 is 23.5 Å². The molecule has 1 fully saturated rings. The minimum absolute atomic E-state index is 0.0237. The SMILES string of the molecule is CC1CC1C(=O)Nc1ccc(C(=O)NCCC(C)(C)C(=O)O)cc1. The van der Waals surface area contributed by atoms with Crippen LogP contribution in [0.2, 0.25) is 0 Å². The Labute approximate surface area is 141 Å². The average Bonchev–Trinajstić information content (AvgIpc) is 3.24. The van der Waals surface area contributed by atoms with E-state index in [9.17, 15) is 14.4 Å². The highest BCUT2D eigenvalue weighted by molar-refractivity contribution is 5.97. The summed E-state index contributed by atoms with van der Waals surface area (Å²) in [6.07, 6.45) is 1.28. The molecular formula is C18H24N2O4. The third kappa shape index (κ3) is 4.57. The lowest BCUT2D eigenvalue weighted by molar-refractivity contribution is -0.147. The van der Waals surface area contributed by atoms with E-state index in [1.165, 1.54) is 0 Å². The molecule has 2 unspecified atom stereocenters. The van der Waals surface area contributed by atoms with E-state index in [1.807, 2.05) is 6.92 Å². The van der Waals surface area contributed by atoms with E-state index in [4.69, 9.17) is 5.11 Å². The Hall–Kier alpha value is -2.37. The lowest BCUT2D eigenvalue weighted by atomic mass is 9.90. The standard InChI is InChI=1S/C18H24N2O4/c1-11-10-14(11)16(22)20-13-6-4-12(5-7-13)15(21)19-9-8-18(2,3)17(23)24/h4-7,11,14H,8-10H2,1-3H3,(H,19,21)(H,20,22)(H,23,24). The summed E-state index contributed by atoms with van der Waals surface area (Å²) in [5, 5.41) is 14.6. The highest BCUT2D eigenvalue weighted by atomic mass is 16.4. The van der Waals surface area contributed by atoms with Crippen LogP contribution in [0.1, 0.15) is 44.0 Å². The lowest BCUT2D eigenvalue weighted by Gasteiger charge is -2.18. The molecule has 6 nitrogen and oxygen atoms in total. The quantitative estimate of drug-likeness (QED) is 0.715. The number of amides is 2. The van der Waals surface area contributed by atoms with Crippen LogP contribution in [-0.4, -0.2) is 29.4 Å². The number of aliphatic carboxylic acids is 1. The zero-order valence-corrected chi connectivity index (χ0v) is 14.3. The topological polar surface area (TPSA) is 95.5 Å². The van der Waals surface area contributed by atoms with Gasteiger partial charge in [0, 0.05) is 23.7 Å². The molecule has 0 heterocycles. The van der Waals surface area contributed by atoms with Crippen LogP contribution in [0.5, 0.6) is 0 Å². The number of benzene rings is 1. The monoisotopic (exact) mass is 332 g/mol. The first-order valence-electron chi connectivity index (χ1n) is 8.13. The lowest BCUT2D eigenvalue weighted by Crippen LogP contribution is -2.31. The van der Waals surface area contributed by atoms with E-state index in [1.54, 1.807) is 38.1 Å². The third-order valence-electron chi connectivity index (χ3n) is 4.48. The van der Waals surface area contributed by atoms with Gasteiger partial charge in [0.2, 0.25) is 5.91 Å². The Morgan fingerprint density at radius 2 is 1.79 bits per heavy atom. The first-order chi connectivity index (χ1) is 11.2. The predicted molar refractivity (Wildman–Crippen MR) is 90.7 cm³/mol. The van der Waals surface area contributed by atoms with Gasteiger partial charge < -0.3 is 15.7 Å². The maximum atomic E-state index is 12.0. The molecule has 2 rings (SSSR count). The molecule has 1 aromatic carbocycles. The van der Waals surface area contributed by atoms with Crippen molar-refractivity contribution in [2.75, 3.05) is 11.9 Å². The first kappa shape index (κ1) is 18.0. The molecule has 3 N–H and O–H groups in total. The molecule has 0 bridgehead atoms. The van der Waals surface area contributed by atoms with Gasteiger partial charge in [0.1, 0.15) is 0 Å². The van der Waals surface area contributed by atoms with Gasteiger partial charge in [0.05, 0.1) is 5.41 Å². The summed E-state index contributed by atoms with van der Waals surface area (Å²) < 4.78 is 0. The van der Waals surface area contributed by atoms with Gasteiger partial charge in [0.15, 0.2) is 0 Å². The fraction of sp³-hybridized carbons (Fsp3) is 0.500. The number of carboxylic acids is 1. The second kappa shape index (κ2) is 7.03. The Bertz CT molecular complexity index is 637. The molecule has 2 amide bonds. The molecule has 1 saturated carbocycles. The molecule has 24 heavy (non-hydrogen) atoms. The number of nitrogens with one attached hydrogen (secondary N) is 2. The minimum atomic E-state index is -0.887. The average molecular weight is 332 g/mol. The normalized spacial score (nSPS) is 19.5. The van der Waals surface area contributed by atoms with Crippen LogP contribution in [0.4, 0.5) is 5.69 Å². The highest BCUT2D eigenvalue weighted by Crippen LogP contribution is 2.38. The van der Waals surface area contributed by atoms with Gasteiger partial charge in [-0.2, -0.15) is 0 Å². The largest absolute Gasteiger partial charge is 0.481 e. The van der Waals surface area contributed by atoms with Crippen LogP contribution in [0.25, 0.3) is 0 Å². The van der Waals surface area contributed by atoms with Crippen molar-refractivity contribution in [2.24, 2.45) is 17.3 Å². The molecule has 0 aliphatic heterocycles. The summed E-state index contributed by atoms with van der Waals surface area (Å²) in [6, 6.07) is 6.68. The third-order valence-corrected chi connectivity index (χ3v) is 4.48. The molecule has 0 spiro atoms. The van der Waals surface area contributed by atoms with E-state index < -0.39 is 11.4 Å². The van der Waals surface area contributed by atoms with Crippen molar-refractivity contribution in [3.63, 3.8) is 0 Å². The summed E-state index contributed by atoms with van der Waals surface area (Å²) in [5.74, 6) is -0.571. The Kier molecular flexibility index (Phi) is 5.26. The molecule has 0 saturated heterocycles. The van der Waals surface area contributed by atoms with Gasteiger partial charge in [-0.05, 0) is 56.9 Å². The van der Waals surface area contributed by atoms with Gasteiger partial charge in [-0.3, -0.25) is 14.4 Å². The maximum absolute atomic E-state index is 12.0. The maximum Gasteiger partial charge on any atom is 0.309 e. The Morgan fingerprint density at radius 1 is 1.21 bits per heavy atom. The van der Waals surface area contributed by atoms with E-state index in [0.717, 1.165) is 6.42 Å². The summed E-state index contributed by atoms with van der Waals surface area (Å²) in [6.45, 7) is 5.58. The summed E-state index contributed by atoms with van der Waals surface area (Å²) >= 11 is 0. The number of carboxylic acid groups (broad SMARTS) is 1. The molecule has 1 aliphatic carbocycles. The Morgan fingerprint density at radius 3 is 2.29 bits per heavy atom. The van der Waals surface area contributed by atoms with E-state index in [0.29, 0.717) is 23.6 Å². The molecule has 2 atom stereocenters. The van der Waals surface area contributed by atoms with Crippen molar-refractivity contribution in [3.8, 4) is 0 Å². The number of hydrogen-bond donors (Lipinski definition) is 3. The highest BCUT2D eigenvalue weighted by Gasteiger charge is 2.39. The zero-order chi connectivity index (χ0) is 17.9. The zero-order valence-electron chi connectivity index (χ0n) is 14.3. The number of rotatable bonds is 7. The van der Waals surface area contributed by atoms with Gasteiger partial charge in [-0.25, -0.2) is 0 Å². The smallest absolute Gasteiger partial charge is 0.309 e. The van der Waals surface area contributed by atoms with E-state index in [-0.39, 0.29) is 24.3 Å². The molecule has 0 radical (unpaired) electrons. The van der Waals surface area contributed by atoms with Crippen LogP contribution in [-0.2, 0) is 9.59 Å². The fourth-order valence-corrected chi connectivity index (χ4v) is 2.32. The van der Waals surface area contributed by atoms with Crippen LogP contribution in [0.15, 0.2) is 24.3 Å². The van der Waals surface area contributed by atoms with Crippen molar-refractivity contribution in [3.05, 3.63) is 29.8 Å². The molecular weight excluding hydrogens is 308 g/mol. The number of anilines is 1. The number of carbonyl (C=O) groups is 3. The van der Waals surface area contributed by atoms with Gasteiger partial charge in [0.25, 0.3) is 5.91 Å². The van der Waals surface area contributed by atoms with Gasteiger partial charge >= 0.3 is 5.97 Å². The van der Waals surface area contributed by atoms with Crippen molar-refractivity contribution in [1.82, 2.24) is 5.32 Å². The van der Waals surface area contributed by atoms with Crippen LogP contribution in [0, 0.1) is 17.3 Å². The predicted octanol–water partition coefficient (Wildman–Crippen LogP) is 2.51. The molecule has 1 aliphatic rings. The summed E-state index contributed by atoms with van der Waals surface area (Å²) in [7, 11) is 0. The molecule has 6 heteroatoms. The van der Waals surface area contributed by atoms with Gasteiger partial charge in [-0.15, -0.1) is 0 Å². The Balaban J connectivity index is 1.82. The molecule has 0 aromatic heterocycles. The van der Waals surface area contributed by atoms with Crippen molar-refractivity contribution in [1.29, 1.82) is 0 Å². The van der Waals surface area contributed by atoms with Crippen molar-refractivity contribution < 1.29 is 19.5 Å². The van der Waals surface area contributed by atoms with Crippen LogP contribution < -0.4 is 10.6 Å². The van der Waals surface area contributed by atoms with Gasteiger partial charge in [-0.1, -0.05) is 6.92 Å². The van der Waals surface area contributed by atoms with Crippen LogP contribution >= 0.6 is 0 Å². The fourth-order valence-electron chi connectivity index (χ4n) is 2.32. The second-order valence-corrected chi connectivity index (χ2v) is 7.08. The summed E-state index contributed by atoms with van der Waals surface area (Å²) in [5.41, 5.74) is 0.269. The van der Waals surface area contributed by atoms with Crippen molar-refractivity contribution in [2.45, 2.75) is 33.6 Å². The molecule has 130 valence electrons. The number of carbonyl (C=O) groups excluding carboxylic acids is 2. The summed E-state index contributed by atoms with van der Waals surface area (Å²) in [4.78, 5) is 34.9. The van der Waals surface area contributed by atoms with E-state index in [2.05, 4.69) is 10.6 Å². The first-order valence-corrected chi connectivity index (χ1v) is 8.13. The van der Waals surface area contributed by atoms with E-state index >= 15 is 0 Å².